The molecule has 2 aliphatic rings. The summed E-state index contributed by atoms with van der Waals surface area (Å²) in [4.78, 5) is 17.7. The number of anilines is 2. The van der Waals surface area contributed by atoms with Gasteiger partial charge in [0.2, 0.25) is 0 Å². The number of amides is 1. The van der Waals surface area contributed by atoms with Gasteiger partial charge < -0.3 is 24.4 Å². The summed E-state index contributed by atoms with van der Waals surface area (Å²) in [5, 5.41) is 4.54. The van der Waals surface area contributed by atoms with Gasteiger partial charge in [-0.2, -0.15) is 0 Å². The van der Waals surface area contributed by atoms with Crippen LogP contribution in [0.25, 0.3) is 10.9 Å². The van der Waals surface area contributed by atoms with Crippen molar-refractivity contribution >= 4 is 39.8 Å². The first-order valence-electron chi connectivity index (χ1n) is 13.5. The molecule has 2 fully saturated rings. The van der Waals surface area contributed by atoms with Crippen LogP contribution in [0.4, 0.5) is 24.5 Å². The first-order valence-corrected chi connectivity index (χ1v) is 13.9. The van der Waals surface area contributed by atoms with E-state index < -0.39 is 6.36 Å². The van der Waals surface area contributed by atoms with Crippen LogP contribution in [0.5, 0.6) is 5.75 Å². The molecule has 1 aromatic heterocycles. The van der Waals surface area contributed by atoms with Gasteiger partial charge in [-0.05, 0) is 66.6 Å². The number of hydrogen-bond acceptors (Lipinski definition) is 4. The van der Waals surface area contributed by atoms with Crippen LogP contribution in [-0.2, 0) is 20.0 Å². The molecule has 2 saturated heterocycles. The van der Waals surface area contributed by atoms with Gasteiger partial charge >= 0.3 is 6.36 Å². The van der Waals surface area contributed by atoms with Crippen LogP contribution in [-0.4, -0.2) is 43.0 Å². The Hall–Kier alpha value is -3.85. The van der Waals surface area contributed by atoms with Gasteiger partial charge in [0.1, 0.15) is 5.75 Å². The van der Waals surface area contributed by atoms with E-state index in [1.54, 1.807) is 12.1 Å². The Labute approximate surface area is 241 Å². The van der Waals surface area contributed by atoms with Crippen LogP contribution < -0.4 is 19.9 Å². The van der Waals surface area contributed by atoms with Crippen molar-refractivity contribution in [2.24, 2.45) is 12.5 Å². The molecule has 0 radical (unpaired) electrons. The van der Waals surface area contributed by atoms with Gasteiger partial charge in [0.05, 0.1) is 5.56 Å². The van der Waals surface area contributed by atoms with Crippen molar-refractivity contribution in [3.05, 3.63) is 88.6 Å². The summed E-state index contributed by atoms with van der Waals surface area (Å²) < 4.78 is 43.2. The molecule has 3 heterocycles. The van der Waals surface area contributed by atoms with Crippen molar-refractivity contribution in [2.45, 2.75) is 26.3 Å². The van der Waals surface area contributed by atoms with Crippen molar-refractivity contribution in [1.29, 1.82) is 0 Å². The Bertz CT molecular complexity index is 1590. The second-order valence-corrected chi connectivity index (χ2v) is 11.4. The zero-order chi connectivity index (χ0) is 28.9. The van der Waals surface area contributed by atoms with Gasteiger partial charge in [0.15, 0.2) is 0 Å². The Balaban J connectivity index is 1.02. The number of aromatic nitrogens is 1. The van der Waals surface area contributed by atoms with E-state index in [4.69, 9.17) is 11.6 Å². The number of aryl methyl sites for hydroxylation is 1. The standard InChI is InChI=1S/C31H30ClF3N4O2/c1-3-26-28(25-14-21(32)6-13-27(25)37(26)2)29(40)36-15-20-4-7-22(8-5-20)38-16-30(17-38)18-39(19-30)23-9-11-24(12-10-23)41-31(33,34)35/h4-14H,3,15-19H2,1-2H3,(H,36,40). The van der Waals surface area contributed by atoms with Gasteiger partial charge in [0.25, 0.3) is 5.91 Å². The zero-order valence-electron chi connectivity index (χ0n) is 22.8. The van der Waals surface area contributed by atoms with Crippen molar-refractivity contribution in [1.82, 2.24) is 9.88 Å². The highest BCUT2D eigenvalue weighted by molar-refractivity contribution is 6.31. The number of nitrogens with zero attached hydrogens (tertiary/aromatic N) is 3. The zero-order valence-corrected chi connectivity index (χ0v) is 23.5. The molecule has 0 saturated carbocycles. The third-order valence-electron chi connectivity index (χ3n) is 8.14. The lowest BCUT2D eigenvalue weighted by Crippen LogP contribution is -2.72. The second-order valence-electron chi connectivity index (χ2n) is 11.0. The van der Waals surface area contributed by atoms with E-state index in [-0.39, 0.29) is 17.1 Å². The highest BCUT2D eigenvalue weighted by Crippen LogP contribution is 2.44. The van der Waals surface area contributed by atoms with Crippen LogP contribution in [0.3, 0.4) is 0 Å². The van der Waals surface area contributed by atoms with Crippen LogP contribution in [0.2, 0.25) is 5.02 Å². The molecule has 0 bridgehead atoms. The number of hydrogen-bond donors (Lipinski definition) is 1. The first-order chi connectivity index (χ1) is 19.5. The SMILES string of the molecule is CCc1c(C(=O)NCc2ccc(N3CC4(C3)CN(c3ccc(OC(F)(F)F)cc3)C4)cc2)c2cc(Cl)ccc2n1C. The van der Waals surface area contributed by atoms with E-state index in [9.17, 15) is 18.0 Å². The molecule has 2 aliphatic heterocycles. The molecule has 1 spiro atoms. The number of carbonyl (C=O) groups is 1. The van der Waals surface area contributed by atoms with Gasteiger partial charge in [-0.1, -0.05) is 30.7 Å². The molecule has 6 rings (SSSR count). The number of rotatable bonds is 7. The monoisotopic (exact) mass is 582 g/mol. The topological polar surface area (TPSA) is 49.7 Å². The van der Waals surface area contributed by atoms with Crippen molar-refractivity contribution in [3.63, 3.8) is 0 Å². The number of nitrogens with one attached hydrogen (secondary N) is 1. The lowest BCUT2D eigenvalue weighted by molar-refractivity contribution is -0.274. The average molecular weight is 583 g/mol. The summed E-state index contributed by atoms with van der Waals surface area (Å²) in [5.74, 6) is -0.320. The Kier molecular flexibility index (Phi) is 6.80. The fourth-order valence-corrected chi connectivity index (χ4v) is 6.35. The van der Waals surface area contributed by atoms with Gasteiger partial charge in [-0.15, -0.1) is 13.2 Å². The summed E-state index contributed by atoms with van der Waals surface area (Å²) in [5.41, 5.74) is 5.88. The van der Waals surface area contributed by atoms with E-state index in [2.05, 4.69) is 36.6 Å². The molecule has 1 N–H and O–H groups in total. The molecule has 0 atom stereocenters. The molecule has 214 valence electrons. The van der Waals surface area contributed by atoms with Gasteiger partial charge in [-0.25, -0.2) is 0 Å². The van der Waals surface area contributed by atoms with Gasteiger partial charge in [0, 0.05) is 78.2 Å². The Morgan fingerprint density at radius 3 is 2.10 bits per heavy atom. The number of benzene rings is 3. The summed E-state index contributed by atoms with van der Waals surface area (Å²) in [6.45, 7) is 6.06. The lowest BCUT2D eigenvalue weighted by Gasteiger charge is -2.61. The van der Waals surface area contributed by atoms with E-state index in [1.165, 1.54) is 12.1 Å². The minimum atomic E-state index is -4.69. The number of halogens is 4. The van der Waals surface area contributed by atoms with Crippen molar-refractivity contribution in [2.75, 3.05) is 36.0 Å². The number of fused-ring (bicyclic) bond motifs is 1. The maximum Gasteiger partial charge on any atom is 0.573 e. The van der Waals surface area contributed by atoms with Crippen LogP contribution in [0.15, 0.2) is 66.7 Å². The highest BCUT2D eigenvalue weighted by Gasteiger charge is 2.51. The molecular formula is C31H30ClF3N4O2. The molecule has 0 unspecified atom stereocenters. The van der Waals surface area contributed by atoms with Crippen LogP contribution in [0.1, 0.15) is 28.5 Å². The molecule has 0 aliphatic carbocycles. The molecule has 4 aromatic rings. The smallest absolute Gasteiger partial charge is 0.406 e. The fraction of sp³-hybridized carbons (Fsp3) is 0.323. The van der Waals surface area contributed by atoms with E-state index in [1.807, 2.05) is 44.3 Å². The third-order valence-corrected chi connectivity index (χ3v) is 8.37. The van der Waals surface area contributed by atoms with Crippen molar-refractivity contribution < 1.29 is 22.7 Å². The minimum Gasteiger partial charge on any atom is -0.406 e. The molecular weight excluding hydrogens is 553 g/mol. The first kappa shape index (κ1) is 27.3. The maximum absolute atomic E-state index is 13.2. The largest absolute Gasteiger partial charge is 0.573 e. The third kappa shape index (κ3) is 5.30. The predicted molar refractivity (Wildman–Crippen MR) is 155 cm³/mol. The van der Waals surface area contributed by atoms with E-state index >= 15 is 0 Å². The lowest BCUT2D eigenvalue weighted by atomic mass is 9.72. The predicted octanol–water partition coefficient (Wildman–Crippen LogP) is 6.55. The number of ether oxygens (including phenoxy) is 1. The summed E-state index contributed by atoms with van der Waals surface area (Å²) >= 11 is 6.24. The fourth-order valence-electron chi connectivity index (χ4n) is 6.18. The second kappa shape index (κ2) is 10.2. The maximum atomic E-state index is 13.2. The quantitative estimate of drug-likeness (QED) is 0.268. The van der Waals surface area contributed by atoms with E-state index in [0.29, 0.717) is 17.1 Å². The van der Waals surface area contributed by atoms with Gasteiger partial charge in [-0.3, -0.25) is 4.79 Å². The highest BCUT2D eigenvalue weighted by atomic mass is 35.5. The normalized spacial score (nSPS) is 16.0. The van der Waals surface area contributed by atoms with Crippen LogP contribution in [0, 0.1) is 5.41 Å². The van der Waals surface area contributed by atoms with Crippen molar-refractivity contribution in [3.8, 4) is 5.75 Å². The Morgan fingerprint density at radius 1 is 0.951 bits per heavy atom. The minimum absolute atomic E-state index is 0.111. The summed E-state index contributed by atoms with van der Waals surface area (Å²) in [6.07, 6.45) is -3.95. The Morgan fingerprint density at radius 2 is 1.54 bits per heavy atom. The molecule has 1 amide bonds. The van der Waals surface area contributed by atoms with E-state index in [0.717, 1.165) is 66.1 Å². The molecule has 6 nitrogen and oxygen atoms in total. The molecule has 41 heavy (non-hydrogen) atoms. The number of carbonyl (C=O) groups excluding carboxylic acids is 1. The summed E-state index contributed by atoms with van der Waals surface area (Å²) in [7, 11) is 1.97. The average Bonchev–Trinajstić information content (AvgIpc) is 3.17. The molecule has 10 heteroatoms. The molecule has 3 aromatic carbocycles. The van der Waals surface area contributed by atoms with Crippen LogP contribution >= 0.6 is 11.6 Å². The summed E-state index contributed by atoms with van der Waals surface area (Å²) in [6, 6.07) is 19.9. The number of alkyl halides is 3.